The van der Waals surface area contributed by atoms with Crippen LogP contribution in [0.3, 0.4) is 0 Å². The summed E-state index contributed by atoms with van der Waals surface area (Å²) in [6.45, 7) is 2.00. The molecule has 1 amide bonds. The van der Waals surface area contributed by atoms with E-state index in [1.54, 1.807) is 50.6 Å². The second-order valence-electron chi connectivity index (χ2n) is 6.58. The Bertz CT molecular complexity index is 1150. The molecule has 2 aromatic carbocycles. The van der Waals surface area contributed by atoms with Crippen molar-refractivity contribution < 1.29 is 14.3 Å². The van der Waals surface area contributed by atoms with E-state index in [4.69, 9.17) is 9.47 Å². The van der Waals surface area contributed by atoms with Gasteiger partial charge in [-0.2, -0.15) is 0 Å². The summed E-state index contributed by atoms with van der Waals surface area (Å²) in [5.74, 6) is 1.05. The number of ether oxygens (including phenoxy) is 2. The van der Waals surface area contributed by atoms with E-state index in [-0.39, 0.29) is 24.9 Å². The Morgan fingerprint density at radius 1 is 1.14 bits per heavy atom. The molecule has 0 radical (unpaired) electrons. The summed E-state index contributed by atoms with van der Waals surface area (Å²) in [6.07, 6.45) is 0.0821. The summed E-state index contributed by atoms with van der Waals surface area (Å²) < 4.78 is 12.0. The number of hydrogen-bond acceptors (Lipinski definition) is 5. The number of nitrogens with one attached hydrogen (secondary N) is 2. The van der Waals surface area contributed by atoms with Gasteiger partial charge in [-0.3, -0.25) is 19.1 Å². The molecule has 0 saturated heterocycles. The van der Waals surface area contributed by atoms with Gasteiger partial charge in [0.25, 0.3) is 5.56 Å². The van der Waals surface area contributed by atoms with Crippen LogP contribution in [0, 0.1) is 0 Å². The fraction of sp³-hybridized carbons (Fsp3) is 0.286. The fourth-order valence-electron chi connectivity index (χ4n) is 3.25. The minimum atomic E-state index is -0.536. The Kier molecular flexibility index (Phi) is 6.01. The van der Waals surface area contributed by atoms with Crippen LogP contribution in [0.5, 0.6) is 11.5 Å². The number of aromatic nitrogens is 2. The second kappa shape index (κ2) is 8.64. The van der Waals surface area contributed by atoms with E-state index in [1.807, 2.05) is 13.0 Å². The van der Waals surface area contributed by atoms with Crippen LogP contribution >= 0.6 is 0 Å². The molecule has 2 N–H and O–H groups in total. The number of carbonyl (C=O) groups is 1. The highest BCUT2D eigenvalue weighted by Crippen LogP contribution is 2.29. The molecule has 0 aliphatic rings. The Labute approximate surface area is 167 Å². The van der Waals surface area contributed by atoms with Crippen LogP contribution in [0.2, 0.25) is 0 Å². The average Bonchev–Trinajstić information content (AvgIpc) is 2.73. The summed E-state index contributed by atoms with van der Waals surface area (Å²) in [5.41, 5.74) is 0.338. The molecule has 0 aliphatic heterocycles. The Morgan fingerprint density at radius 2 is 1.90 bits per heavy atom. The van der Waals surface area contributed by atoms with Crippen LogP contribution in [0.1, 0.15) is 24.9 Å². The van der Waals surface area contributed by atoms with Gasteiger partial charge in [-0.15, -0.1) is 0 Å². The highest BCUT2D eigenvalue weighted by molar-refractivity contribution is 5.79. The molecular weight excluding hydrogens is 374 g/mol. The van der Waals surface area contributed by atoms with Crippen molar-refractivity contribution in [3.63, 3.8) is 0 Å². The lowest BCUT2D eigenvalue weighted by Gasteiger charge is -2.18. The maximum Gasteiger partial charge on any atom is 0.328 e. The van der Waals surface area contributed by atoms with Crippen LogP contribution in [-0.2, 0) is 11.3 Å². The maximum absolute atomic E-state index is 12.5. The van der Waals surface area contributed by atoms with Crippen LogP contribution < -0.4 is 26.0 Å². The number of benzene rings is 2. The number of aromatic amines is 1. The van der Waals surface area contributed by atoms with E-state index < -0.39 is 11.2 Å². The van der Waals surface area contributed by atoms with Crippen LogP contribution in [0.4, 0.5) is 0 Å². The van der Waals surface area contributed by atoms with Gasteiger partial charge in [0.15, 0.2) is 0 Å². The number of rotatable bonds is 7. The zero-order chi connectivity index (χ0) is 21.0. The van der Waals surface area contributed by atoms with Crippen molar-refractivity contribution in [1.82, 2.24) is 14.9 Å². The fourth-order valence-corrected chi connectivity index (χ4v) is 3.25. The topological polar surface area (TPSA) is 102 Å². The van der Waals surface area contributed by atoms with Gasteiger partial charge in [0.2, 0.25) is 5.91 Å². The normalized spacial score (nSPS) is 11.8. The molecular formula is C21H23N3O5. The second-order valence-corrected chi connectivity index (χ2v) is 6.58. The number of methoxy groups -OCH3 is 2. The molecule has 3 aromatic rings. The third kappa shape index (κ3) is 4.31. The first-order chi connectivity index (χ1) is 13.9. The zero-order valence-corrected chi connectivity index (χ0v) is 16.5. The first-order valence-corrected chi connectivity index (χ1v) is 9.17. The van der Waals surface area contributed by atoms with Crippen LogP contribution in [0.25, 0.3) is 10.9 Å². The zero-order valence-electron chi connectivity index (χ0n) is 16.5. The van der Waals surface area contributed by atoms with Crippen molar-refractivity contribution >= 4 is 16.8 Å². The summed E-state index contributed by atoms with van der Waals surface area (Å²) in [7, 11) is 3.13. The van der Waals surface area contributed by atoms with E-state index in [0.29, 0.717) is 22.4 Å². The third-order valence-electron chi connectivity index (χ3n) is 4.75. The van der Waals surface area contributed by atoms with Crippen molar-refractivity contribution in [1.29, 1.82) is 0 Å². The lowest BCUT2D eigenvalue weighted by molar-refractivity contribution is -0.121. The molecule has 3 rings (SSSR count). The third-order valence-corrected chi connectivity index (χ3v) is 4.75. The van der Waals surface area contributed by atoms with Crippen molar-refractivity contribution in [2.45, 2.75) is 25.9 Å². The predicted octanol–water partition coefficient (Wildman–Crippen LogP) is 1.97. The Morgan fingerprint density at radius 3 is 2.62 bits per heavy atom. The van der Waals surface area contributed by atoms with Crippen LogP contribution in [0.15, 0.2) is 52.1 Å². The highest BCUT2D eigenvalue weighted by Gasteiger charge is 2.16. The molecule has 0 saturated carbocycles. The van der Waals surface area contributed by atoms with Gasteiger partial charge in [0.1, 0.15) is 11.5 Å². The van der Waals surface area contributed by atoms with Gasteiger partial charge in [-0.05, 0) is 31.2 Å². The van der Waals surface area contributed by atoms with E-state index in [2.05, 4.69) is 10.3 Å². The monoisotopic (exact) mass is 397 g/mol. The molecule has 1 aromatic heterocycles. The average molecular weight is 397 g/mol. The molecule has 0 fully saturated rings. The number of carbonyl (C=O) groups excluding carboxylic acids is 1. The smallest absolute Gasteiger partial charge is 0.328 e. The number of H-pyrrole nitrogens is 1. The minimum Gasteiger partial charge on any atom is -0.497 e. The highest BCUT2D eigenvalue weighted by atomic mass is 16.5. The SMILES string of the molecule is COc1ccc(C(C)NC(=O)CCn2c(=O)[nH]c(=O)c3ccccc32)c(OC)c1. The van der Waals surface area contributed by atoms with E-state index in [9.17, 15) is 14.4 Å². The first-order valence-electron chi connectivity index (χ1n) is 9.17. The van der Waals surface area contributed by atoms with E-state index >= 15 is 0 Å². The molecule has 152 valence electrons. The molecule has 1 atom stereocenters. The van der Waals surface area contributed by atoms with Crippen LogP contribution in [-0.4, -0.2) is 29.7 Å². The van der Waals surface area contributed by atoms with Gasteiger partial charge >= 0.3 is 5.69 Å². The quantitative estimate of drug-likeness (QED) is 0.635. The predicted molar refractivity (Wildman–Crippen MR) is 110 cm³/mol. The number of fused-ring (bicyclic) bond motifs is 1. The van der Waals surface area contributed by atoms with Crippen molar-refractivity contribution in [2.24, 2.45) is 0 Å². The molecule has 8 heteroatoms. The summed E-state index contributed by atoms with van der Waals surface area (Å²) in [4.78, 5) is 38.9. The molecule has 0 aliphatic carbocycles. The number of hydrogen-bond donors (Lipinski definition) is 2. The number of amides is 1. The lowest BCUT2D eigenvalue weighted by Crippen LogP contribution is -2.33. The standard InChI is InChI=1S/C21H23N3O5/c1-13(15-9-8-14(28-2)12-18(15)29-3)22-19(25)10-11-24-17-7-5-4-6-16(17)20(26)23-21(24)27/h4-9,12-13H,10-11H2,1-3H3,(H,22,25)(H,23,26,27). The Hall–Kier alpha value is -3.55. The summed E-state index contributed by atoms with van der Waals surface area (Å²) in [5, 5.41) is 3.32. The van der Waals surface area contributed by atoms with Crippen molar-refractivity contribution in [2.75, 3.05) is 14.2 Å². The van der Waals surface area contributed by atoms with E-state index in [1.165, 1.54) is 4.57 Å². The first kappa shape index (κ1) is 20.2. The minimum absolute atomic E-state index is 0.0821. The van der Waals surface area contributed by atoms with Crippen molar-refractivity contribution in [3.8, 4) is 11.5 Å². The van der Waals surface area contributed by atoms with Gasteiger partial charge in [-0.1, -0.05) is 12.1 Å². The van der Waals surface area contributed by atoms with E-state index in [0.717, 1.165) is 5.56 Å². The molecule has 29 heavy (non-hydrogen) atoms. The van der Waals surface area contributed by atoms with Gasteiger partial charge < -0.3 is 14.8 Å². The van der Waals surface area contributed by atoms with Gasteiger partial charge in [-0.25, -0.2) is 4.79 Å². The lowest BCUT2D eigenvalue weighted by atomic mass is 10.1. The van der Waals surface area contributed by atoms with Crippen molar-refractivity contribution in [3.05, 3.63) is 68.9 Å². The number of aryl methyl sites for hydroxylation is 1. The number of nitrogens with zero attached hydrogens (tertiary/aromatic N) is 1. The molecule has 1 unspecified atom stereocenters. The summed E-state index contributed by atoms with van der Waals surface area (Å²) >= 11 is 0. The summed E-state index contributed by atoms with van der Waals surface area (Å²) in [6, 6.07) is 11.9. The van der Waals surface area contributed by atoms with Gasteiger partial charge in [0.05, 0.1) is 31.2 Å². The molecule has 1 heterocycles. The molecule has 0 spiro atoms. The Balaban J connectivity index is 1.73. The maximum atomic E-state index is 12.5. The number of para-hydroxylation sites is 1. The molecule has 0 bridgehead atoms. The molecule has 8 nitrogen and oxygen atoms in total. The largest absolute Gasteiger partial charge is 0.497 e. The van der Waals surface area contributed by atoms with Gasteiger partial charge in [0, 0.05) is 24.6 Å².